The molecular weight excluding hydrogens is 366 g/mol. The number of hydrogen-bond donors (Lipinski definition) is 2. The molecule has 3 N–H and O–H groups in total. The smallest absolute Gasteiger partial charge is 0.338 e. The monoisotopic (exact) mass is 397 g/mol. The van der Waals surface area contributed by atoms with Gasteiger partial charge in [0.2, 0.25) is 0 Å². The predicted molar refractivity (Wildman–Crippen MR) is 117 cm³/mol. The zero-order valence-corrected chi connectivity index (χ0v) is 17.5. The summed E-state index contributed by atoms with van der Waals surface area (Å²) in [6.45, 7) is 7.59. The molecule has 0 radical (unpaired) electrons. The Morgan fingerprint density at radius 1 is 1.28 bits per heavy atom. The second-order valence-corrected chi connectivity index (χ2v) is 7.91. The van der Waals surface area contributed by atoms with E-state index in [0.717, 1.165) is 37.3 Å². The molecule has 0 spiro atoms. The number of nitrogens with one attached hydrogen (secondary N) is 1. The summed E-state index contributed by atoms with van der Waals surface area (Å²) in [5.74, 6) is 1.36. The van der Waals surface area contributed by atoms with Gasteiger partial charge < -0.3 is 20.7 Å². The zero-order valence-electron chi connectivity index (χ0n) is 17.5. The van der Waals surface area contributed by atoms with Crippen LogP contribution in [0.5, 0.6) is 0 Å². The number of nitrogen functional groups attached to an aromatic ring is 1. The van der Waals surface area contributed by atoms with Crippen LogP contribution in [0.15, 0.2) is 30.6 Å². The number of anilines is 4. The molecule has 0 saturated carbocycles. The van der Waals surface area contributed by atoms with E-state index in [0.29, 0.717) is 35.6 Å². The lowest BCUT2D eigenvalue weighted by Gasteiger charge is -2.36. The molecular formula is C22H31N5O2. The van der Waals surface area contributed by atoms with Crippen LogP contribution in [-0.2, 0) is 4.74 Å². The fraction of sp³-hybridized carbons (Fsp3) is 0.500. The molecule has 0 aliphatic carbocycles. The fourth-order valence-corrected chi connectivity index (χ4v) is 3.57. The minimum atomic E-state index is -0.315. The lowest BCUT2D eigenvalue weighted by molar-refractivity contribution is 0.0459. The largest absolute Gasteiger partial charge is 0.462 e. The van der Waals surface area contributed by atoms with Gasteiger partial charge in [-0.25, -0.2) is 14.8 Å². The molecule has 0 amide bonds. The second-order valence-electron chi connectivity index (χ2n) is 7.91. The van der Waals surface area contributed by atoms with Gasteiger partial charge in [0.1, 0.15) is 12.0 Å². The Balaban J connectivity index is 1.73. The van der Waals surface area contributed by atoms with Crippen LogP contribution in [0.1, 0.15) is 56.8 Å². The summed E-state index contributed by atoms with van der Waals surface area (Å²) in [7, 11) is 0. The first-order valence-electron chi connectivity index (χ1n) is 10.4. The minimum Gasteiger partial charge on any atom is -0.462 e. The van der Waals surface area contributed by atoms with Crippen molar-refractivity contribution in [1.82, 2.24) is 9.97 Å². The first kappa shape index (κ1) is 20.9. The Hall–Kier alpha value is -2.83. The van der Waals surface area contributed by atoms with Crippen molar-refractivity contribution in [2.45, 2.75) is 52.5 Å². The van der Waals surface area contributed by atoms with Crippen LogP contribution in [0.4, 0.5) is 23.0 Å². The Kier molecular flexibility index (Phi) is 6.90. The quantitative estimate of drug-likeness (QED) is 0.669. The van der Waals surface area contributed by atoms with E-state index in [-0.39, 0.29) is 5.97 Å². The molecule has 1 aromatic heterocycles. The summed E-state index contributed by atoms with van der Waals surface area (Å²) in [5, 5.41) is 3.25. The molecule has 1 aromatic carbocycles. The van der Waals surface area contributed by atoms with Gasteiger partial charge in [-0.2, -0.15) is 0 Å². The van der Waals surface area contributed by atoms with Crippen molar-refractivity contribution in [3.05, 3.63) is 36.2 Å². The summed E-state index contributed by atoms with van der Waals surface area (Å²) in [6.07, 6.45) is 6.18. The van der Waals surface area contributed by atoms with Gasteiger partial charge in [0.25, 0.3) is 0 Å². The van der Waals surface area contributed by atoms with E-state index in [9.17, 15) is 4.79 Å². The summed E-state index contributed by atoms with van der Waals surface area (Å²) in [4.78, 5) is 23.2. The highest BCUT2D eigenvalue weighted by molar-refractivity contribution is 5.90. The van der Waals surface area contributed by atoms with Crippen molar-refractivity contribution in [1.29, 1.82) is 0 Å². The lowest BCUT2D eigenvalue weighted by atomic mass is 10.00. The van der Waals surface area contributed by atoms with Gasteiger partial charge in [-0.1, -0.05) is 20.8 Å². The highest BCUT2D eigenvalue weighted by atomic mass is 16.5. The van der Waals surface area contributed by atoms with Crippen LogP contribution in [0, 0.1) is 5.92 Å². The highest BCUT2D eigenvalue weighted by Gasteiger charge is 2.25. The molecule has 7 nitrogen and oxygen atoms in total. The minimum absolute atomic E-state index is 0.307. The Morgan fingerprint density at radius 3 is 2.72 bits per heavy atom. The van der Waals surface area contributed by atoms with Gasteiger partial charge in [0.15, 0.2) is 11.6 Å². The van der Waals surface area contributed by atoms with Gasteiger partial charge in [0, 0.05) is 18.3 Å². The third-order valence-electron chi connectivity index (χ3n) is 5.16. The normalized spacial score (nSPS) is 16.7. The Labute approximate surface area is 172 Å². The van der Waals surface area contributed by atoms with E-state index in [1.54, 1.807) is 18.5 Å². The van der Waals surface area contributed by atoms with E-state index >= 15 is 0 Å². The number of nitrogens with zero attached hydrogens (tertiary/aromatic N) is 3. The SMILES string of the molecule is CCC1CCCCN1c1ncnc(Nc2ccc(C(=O)OCC(C)C)cc2)c1N. The topological polar surface area (TPSA) is 93.4 Å². The van der Waals surface area contributed by atoms with Crippen molar-refractivity contribution < 1.29 is 9.53 Å². The van der Waals surface area contributed by atoms with Crippen LogP contribution in [-0.4, -0.2) is 35.1 Å². The molecule has 156 valence electrons. The first-order chi connectivity index (χ1) is 14.0. The summed E-state index contributed by atoms with van der Waals surface area (Å²) in [5.41, 5.74) is 8.29. The average Bonchev–Trinajstić information content (AvgIpc) is 2.74. The average molecular weight is 398 g/mol. The Morgan fingerprint density at radius 2 is 2.03 bits per heavy atom. The second kappa shape index (κ2) is 9.58. The molecule has 1 aliphatic rings. The molecule has 1 atom stereocenters. The lowest BCUT2D eigenvalue weighted by Crippen LogP contribution is -2.40. The maximum atomic E-state index is 12.1. The van der Waals surface area contributed by atoms with Crippen molar-refractivity contribution in [2.24, 2.45) is 5.92 Å². The van der Waals surface area contributed by atoms with Crippen LogP contribution in [0.3, 0.4) is 0 Å². The molecule has 1 unspecified atom stereocenters. The number of nitrogens with two attached hydrogens (primary N) is 1. The van der Waals surface area contributed by atoms with Gasteiger partial charge in [-0.15, -0.1) is 0 Å². The standard InChI is InChI=1S/C22H31N5O2/c1-4-18-7-5-6-12-27(18)21-19(23)20(24-14-25-21)26-17-10-8-16(9-11-17)22(28)29-13-15(2)3/h8-11,14-15,18H,4-7,12-13,23H2,1-3H3,(H,24,25,26). The van der Waals surface area contributed by atoms with Crippen molar-refractivity contribution in [3.63, 3.8) is 0 Å². The van der Waals surface area contributed by atoms with E-state index in [4.69, 9.17) is 10.5 Å². The fourth-order valence-electron chi connectivity index (χ4n) is 3.57. The van der Waals surface area contributed by atoms with Gasteiger partial charge >= 0.3 is 5.97 Å². The number of ether oxygens (including phenoxy) is 1. The summed E-state index contributed by atoms with van der Waals surface area (Å²) in [6, 6.07) is 7.58. The molecule has 29 heavy (non-hydrogen) atoms. The zero-order chi connectivity index (χ0) is 20.8. The van der Waals surface area contributed by atoms with Crippen LogP contribution in [0.25, 0.3) is 0 Å². The number of carbonyl (C=O) groups excluding carboxylic acids is 1. The number of carbonyl (C=O) groups is 1. The van der Waals surface area contributed by atoms with Crippen LogP contribution < -0.4 is 16.0 Å². The number of piperidine rings is 1. The maximum absolute atomic E-state index is 12.1. The molecule has 1 aliphatic heterocycles. The van der Waals surface area contributed by atoms with E-state index in [2.05, 4.69) is 27.1 Å². The highest BCUT2D eigenvalue weighted by Crippen LogP contribution is 2.33. The first-order valence-corrected chi connectivity index (χ1v) is 10.4. The summed E-state index contributed by atoms with van der Waals surface area (Å²) < 4.78 is 5.26. The third kappa shape index (κ3) is 5.16. The predicted octanol–water partition coefficient (Wildman–Crippen LogP) is 4.38. The Bertz CT molecular complexity index is 822. The number of hydrogen-bond acceptors (Lipinski definition) is 7. The number of benzene rings is 1. The van der Waals surface area contributed by atoms with Crippen LogP contribution >= 0.6 is 0 Å². The van der Waals surface area contributed by atoms with Crippen molar-refractivity contribution >= 4 is 29.0 Å². The number of rotatable bonds is 7. The molecule has 2 aromatic rings. The molecule has 0 bridgehead atoms. The van der Waals surface area contributed by atoms with Crippen molar-refractivity contribution in [3.8, 4) is 0 Å². The number of esters is 1. The maximum Gasteiger partial charge on any atom is 0.338 e. The summed E-state index contributed by atoms with van der Waals surface area (Å²) >= 11 is 0. The molecule has 3 rings (SSSR count). The number of aromatic nitrogens is 2. The van der Waals surface area contributed by atoms with Gasteiger partial charge in [-0.05, 0) is 55.9 Å². The van der Waals surface area contributed by atoms with E-state index in [1.165, 1.54) is 6.42 Å². The third-order valence-corrected chi connectivity index (χ3v) is 5.16. The van der Waals surface area contributed by atoms with E-state index < -0.39 is 0 Å². The van der Waals surface area contributed by atoms with Crippen molar-refractivity contribution in [2.75, 3.05) is 29.1 Å². The molecule has 7 heteroatoms. The molecule has 2 heterocycles. The van der Waals surface area contributed by atoms with E-state index in [1.807, 2.05) is 26.0 Å². The molecule has 1 fully saturated rings. The van der Waals surface area contributed by atoms with Crippen LogP contribution in [0.2, 0.25) is 0 Å². The van der Waals surface area contributed by atoms with Gasteiger partial charge in [-0.3, -0.25) is 0 Å². The van der Waals surface area contributed by atoms with Gasteiger partial charge in [0.05, 0.1) is 12.2 Å². The molecule has 1 saturated heterocycles.